The lowest BCUT2D eigenvalue weighted by Crippen LogP contribution is -2.52. The Morgan fingerprint density at radius 2 is 2.00 bits per heavy atom. The maximum Gasteiger partial charge on any atom is 0.102 e. The topological polar surface area (TPSA) is 61.8 Å². The standard InChI is InChI=1S/C27H41N3O/c1-18-5-4-6-21-20(13-18)7-8-23-22(21)11-12-26(2)24(23)9-10-25(26)27(3,31)17-30-16-19(14-28)15-29-30/h15-16,18,20-25,31H,4-13,17H2,1-3H3/t18-,20?,21-,22?,23+,24?,25-,26-,27+/m0/s1. The van der Waals surface area contributed by atoms with E-state index in [9.17, 15) is 5.11 Å². The van der Waals surface area contributed by atoms with E-state index in [-0.39, 0.29) is 5.41 Å². The predicted molar refractivity (Wildman–Crippen MR) is 122 cm³/mol. The molecule has 4 fully saturated rings. The number of aliphatic hydroxyl groups is 1. The van der Waals surface area contributed by atoms with Crippen LogP contribution in [-0.4, -0.2) is 20.5 Å². The van der Waals surface area contributed by atoms with Gasteiger partial charge in [-0.25, -0.2) is 0 Å². The molecule has 3 unspecified atom stereocenters. The summed E-state index contributed by atoms with van der Waals surface area (Å²) in [5.74, 6) is 5.79. The molecule has 0 radical (unpaired) electrons. The van der Waals surface area contributed by atoms with Gasteiger partial charge in [0.05, 0.1) is 23.9 Å². The molecule has 0 bridgehead atoms. The van der Waals surface area contributed by atoms with Crippen molar-refractivity contribution >= 4 is 0 Å². The predicted octanol–water partition coefficient (Wildman–Crippen LogP) is 5.80. The lowest BCUT2D eigenvalue weighted by molar-refractivity contribution is -0.111. The van der Waals surface area contributed by atoms with Gasteiger partial charge in [-0.05, 0) is 105 Å². The summed E-state index contributed by atoms with van der Waals surface area (Å²) in [6.45, 7) is 7.49. The zero-order valence-corrected chi connectivity index (χ0v) is 19.8. The first kappa shape index (κ1) is 21.5. The molecule has 1 N–H and O–H groups in total. The van der Waals surface area contributed by atoms with Crippen LogP contribution in [0.4, 0.5) is 0 Å². The minimum atomic E-state index is -0.788. The number of hydrogen-bond acceptors (Lipinski definition) is 3. The van der Waals surface area contributed by atoms with Crippen LogP contribution in [0.15, 0.2) is 12.4 Å². The summed E-state index contributed by atoms with van der Waals surface area (Å²) in [5, 5.41) is 25.1. The van der Waals surface area contributed by atoms with Crippen molar-refractivity contribution in [3.8, 4) is 6.07 Å². The van der Waals surface area contributed by atoms with Crippen molar-refractivity contribution < 1.29 is 5.11 Å². The minimum Gasteiger partial charge on any atom is -0.388 e. The molecule has 0 spiro atoms. The minimum absolute atomic E-state index is 0.237. The molecule has 5 rings (SSSR count). The van der Waals surface area contributed by atoms with E-state index in [4.69, 9.17) is 5.26 Å². The average Bonchev–Trinajstić information content (AvgIpc) is 3.26. The van der Waals surface area contributed by atoms with Crippen molar-refractivity contribution in [3.63, 3.8) is 0 Å². The van der Waals surface area contributed by atoms with Crippen molar-refractivity contribution in [1.29, 1.82) is 5.26 Å². The fourth-order valence-corrected chi connectivity index (χ4v) is 9.28. The molecule has 4 aliphatic carbocycles. The summed E-state index contributed by atoms with van der Waals surface area (Å²) in [7, 11) is 0. The molecule has 31 heavy (non-hydrogen) atoms. The summed E-state index contributed by atoms with van der Waals surface area (Å²) in [4.78, 5) is 0. The number of rotatable bonds is 3. The number of fused-ring (bicyclic) bond motifs is 5. The second-order valence-electron chi connectivity index (χ2n) is 12.3. The normalized spacial score (nSPS) is 44.3. The van der Waals surface area contributed by atoms with Gasteiger partial charge in [-0.3, -0.25) is 4.68 Å². The molecule has 4 saturated carbocycles. The Kier molecular flexibility index (Phi) is 5.48. The van der Waals surface area contributed by atoms with Gasteiger partial charge in [0.15, 0.2) is 0 Å². The van der Waals surface area contributed by atoms with Crippen LogP contribution in [0.2, 0.25) is 0 Å². The number of hydrogen-bond donors (Lipinski definition) is 1. The van der Waals surface area contributed by atoms with Crippen molar-refractivity contribution in [2.75, 3.05) is 0 Å². The van der Waals surface area contributed by atoms with Crippen LogP contribution in [0.25, 0.3) is 0 Å². The van der Waals surface area contributed by atoms with Crippen LogP contribution in [-0.2, 0) is 6.54 Å². The van der Waals surface area contributed by atoms with E-state index >= 15 is 0 Å². The first-order valence-corrected chi connectivity index (χ1v) is 13.0. The van der Waals surface area contributed by atoms with Gasteiger partial charge in [0.25, 0.3) is 0 Å². The molecule has 170 valence electrons. The first-order chi connectivity index (χ1) is 14.8. The van der Waals surface area contributed by atoms with Gasteiger partial charge in [-0.1, -0.05) is 26.7 Å². The summed E-state index contributed by atoms with van der Waals surface area (Å²) in [6.07, 6.45) is 17.2. The first-order valence-electron chi connectivity index (χ1n) is 13.0. The van der Waals surface area contributed by atoms with Crippen molar-refractivity contribution in [2.24, 2.45) is 46.8 Å². The summed E-state index contributed by atoms with van der Waals surface area (Å²) < 4.78 is 1.78. The average molecular weight is 424 g/mol. The molecule has 0 aliphatic heterocycles. The van der Waals surface area contributed by atoms with E-state index in [1.807, 2.05) is 6.92 Å². The molecule has 4 heteroatoms. The third kappa shape index (κ3) is 3.65. The molecule has 0 amide bonds. The van der Waals surface area contributed by atoms with Gasteiger partial charge in [0, 0.05) is 6.20 Å². The second kappa shape index (κ2) is 7.91. The van der Waals surface area contributed by atoms with Crippen LogP contribution in [0.5, 0.6) is 0 Å². The van der Waals surface area contributed by atoms with Crippen LogP contribution >= 0.6 is 0 Å². The zero-order chi connectivity index (χ0) is 21.8. The van der Waals surface area contributed by atoms with Gasteiger partial charge in [-0.2, -0.15) is 10.4 Å². The molecule has 1 aromatic heterocycles. The largest absolute Gasteiger partial charge is 0.388 e. The van der Waals surface area contributed by atoms with E-state index in [0.717, 1.165) is 41.9 Å². The van der Waals surface area contributed by atoms with Crippen molar-refractivity contribution in [3.05, 3.63) is 18.0 Å². The van der Waals surface area contributed by atoms with E-state index < -0.39 is 5.60 Å². The van der Waals surface area contributed by atoms with Crippen molar-refractivity contribution in [2.45, 2.75) is 97.1 Å². The Labute approximate surface area is 188 Å². The highest BCUT2D eigenvalue weighted by molar-refractivity contribution is 5.21. The van der Waals surface area contributed by atoms with Crippen LogP contribution in [0, 0.1) is 58.2 Å². The smallest absolute Gasteiger partial charge is 0.102 e. The Morgan fingerprint density at radius 3 is 2.77 bits per heavy atom. The van der Waals surface area contributed by atoms with E-state index in [0.29, 0.717) is 18.0 Å². The van der Waals surface area contributed by atoms with Gasteiger partial charge >= 0.3 is 0 Å². The van der Waals surface area contributed by atoms with E-state index in [1.165, 1.54) is 57.8 Å². The number of nitrogens with zero attached hydrogens (tertiary/aromatic N) is 3. The summed E-state index contributed by atoms with van der Waals surface area (Å²) in [6, 6.07) is 2.15. The highest BCUT2D eigenvalue weighted by atomic mass is 16.3. The summed E-state index contributed by atoms with van der Waals surface area (Å²) in [5.41, 5.74) is 0.0198. The fraction of sp³-hybridized carbons (Fsp3) is 0.852. The third-order valence-corrected chi connectivity index (χ3v) is 10.5. The number of aromatic nitrogens is 2. The van der Waals surface area contributed by atoms with Crippen molar-refractivity contribution in [1.82, 2.24) is 9.78 Å². The number of nitriles is 1. The van der Waals surface area contributed by atoms with Gasteiger partial charge < -0.3 is 5.11 Å². The molecule has 9 atom stereocenters. The highest BCUT2D eigenvalue weighted by Crippen LogP contribution is 2.65. The monoisotopic (exact) mass is 423 g/mol. The molecule has 4 aliphatic rings. The zero-order valence-electron chi connectivity index (χ0n) is 19.8. The molecule has 4 nitrogen and oxygen atoms in total. The second-order valence-corrected chi connectivity index (χ2v) is 12.3. The Bertz CT molecular complexity index is 838. The molecular weight excluding hydrogens is 382 g/mol. The Balaban J connectivity index is 1.34. The third-order valence-electron chi connectivity index (χ3n) is 10.5. The van der Waals surface area contributed by atoms with E-state index in [1.54, 1.807) is 17.1 Å². The lowest BCUT2D eigenvalue weighted by atomic mass is 9.50. The van der Waals surface area contributed by atoms with Crippen LogP contribution in [0.3, 0.4) is 0 Å². The molecule has 0 saturated heterocycles. The maximum atomic E-state index is 11.7. The van der Waals surface area contributed by atoms with Crippen LogP contribution in [0.1, 0.15) is 90.5 Å². The fourth-order valence-electron chi connectivity index (χ4n) is 9.28. The lowest BCUT2D eigenvalue weighted by Gasteiger charge is -2.56. The molecule has 0 aromatic carbocycles. The molecular formula is C27H41N3O. The Morgan fingerprint density at radius 1 is 1.16 bits per heavy atom. The summed E-state index contributed by atoms with van der Waals surface area (Å²) >= 11 is 0. The SMILES string of the molecule is C[C@H]1CCC[C@H]2C(CC[C@@H]3C2CC[C@@]2(C)C3CC[C@@H]2[C@](C)(O)Cn2cc(C#N)cn2)C1. The molecule has 1 heterocycles. The van der Waals surface area contributed by atoms with Gasteiger partial charge in [-0.15, -0.1) is 0 Å². The van der Waals surface area contributed by atoms with Gasteiger partial charge in [0.2, 0.25) is 0 Å². The Hall–Kier alpha value is -1.34. The van der Waals surface area contributed by atoms with Crippen LogP contribution < -0.4 is 0 Å². The van der Waals surface area contributed by atoms with Gasteiger partial charge in [0.1, 0.15) is 6.07 Å². The molecule has 1 aromatic rings. The quantitative estimate of drug-likeness (QED) is 0.668. The highest BCUT2D eigenvalue weighted by Gasteiger charge is 2.60. The maximum absolute atomic E-state index is 11.7. The van der Waals surface area contributed by atoms with E-state index in [2.05, 4.69) is 25.0 Å².